The maximum atomic E-state index is 14.8. The molecule has 0 spiro atoms. The molecule has 2 aromatic heterocycles. The topological polar surface area (TPSA) is 33.1 Å². The zero-order valence-electron chi connectivity index (χ0n) is 39.2. The first kappa shape index (κ1) is 42.5. The van der Waals surface area contributed by atoms with Gasteiger partial charge in [0.15, 0.2) is 0 Å². The van der Waals surface area contributed by atoms with Crippen molar-refractivity contribution in [2.45, 2.75) is 78.6 Å². The zero-order chi connectivity index (χ0) is 46.1. The molecular weight excluding hydrogens is 812 g/mol. The fraction of sp³-hybridized carbons (Fsp3) is 0.200. The first-order chi connectivity index (χ1) is 31.5. The number of halogens is 1. The summed E-state index contributed by atoms with van der Waals surface area (Å²) in [5.41, 5.74) is 13.8. The van der Waals surface area contributed by atoms with Crippen molar-refractivity contribution in [1.29, 1.82) is 0 Å². The van der Waals surface area contributed by atoms with Crippen molar-refractivity contribution < 1.29 is 9.13 Å². The minimum absolute atomic E-state index is 0.0754. The molecule has 0 unspecified atom stereocenters. The van der Waals surface area contributed by atoms with E-state index < -0.39 is 0 Å². The molecule has 5 nitrogen and oxygen atoms in total. The van der Waals surface area contributed by atoms with Crippen LogP contribution in [0.4, 0.5) is 27.1 Å². The molecule has 1 aliphatic heterocycles. The SMILES string of the molecule is CC(C)(C)c1cc([N+]2=C=[N+](c3cccc(Oc4ccc5c6cc(F)ccc6n(-c6cc(C(C)(C)C)ccn6)c5c4)c3)c3cccc(-c4cccc(-c5ccccc5)c4)c32)cc(C(C)(C)C)c1. The molecule has 326 valence electrons. The van der Waals surface area contributed by atoms with E-state index in [-0.39, 0.29) is 22.1 Å². The molecule has 9 aromatic rings. The van der Waals surface area contributed by atoms with E-state index in [4.69, 9.17) is 9.72 Å². The average Bonchev–Trinajstić information content (AvgIpc) is 3.84. The van der Waals surface area contributed by atoms with E-state index in [0.29, 0.717) is 11.5 Å². The van der Waals surface area contributed by atoms with Gasteiger partial charge in [0.05, 0.1) is 22.7 Å². The Morgan fingerprint density at radius 1 is 0.500 bits per heavy atom. The maximum Gasteiger partial charge on any atom is 0.503 e. The van der Waals surface area contributed by atoms with Gasteiger partial charge in [0.2, 0.25) is 11.4 Å². The summed E-state index contributed by atoms with van der Waals surface area (Å²) in [4.78, 5) is 4.82. The van der Waals surface area contributed by atoms with Crippen LogP contribution in [-0.4, -0.2) is 15.6 Å². The Morgan fingerprint density at radius 2 is 1.18 bits per heavy atom. The molecule has 0 saturated heterocycles. The van der Waals surface area contributed by atoms with Crippen molar-refractivity contribution in [3.63, 3.8) is 0 Å². The van der Waals surface area contributed by atoms with Gasteiger partial charge in [0, 0.05) is 47.3 Å². The standard InChI is InChI=1S/C60H55FN4O/c1-58(2,3)42-28-29-62-56(34-42)65-53-27-24-45(61)35-52(53)51-26-25-49(37-55(51)65)66-48-21-14-20-46(36-48)63-38-64(47-32-43(59(4,5)6)31-44(33-47)60(7,8)9)57-50(22-15-23-54(57)63)41-19-13-18-40(30-41)39-16-11-10-12-17-39/h10-37H,1-9H3/q+2. The number of hydrogen-bond donors (Lipinski definition) is 0. The molecule has 3 heterocycles. The summed E-state index contributed by atoms with van der Waals surface area (Å²) in [5.74, 6) is 1.81. The van der Waals surface area contributed by atoms with Crippen LogP contribution in [0.1, 0.15) is 79.0 Å². The average molecular weight is 867 g/mol. The Balaban J connectivity index is 1.11. The highest BCUT2D eigenvalue weighted by Gasteiger charge is 2.40. The van der Waals surface area contributed by atoms with Gasteiger partial charge >= 0.3 is 11.7 Å². The summed E-state index contributed by atoms with van der Waals surface area (Å²) in [5, 5.41) is 1.74. The summed E-state index contributed by atoms with van der Waals surface area (Å²) in [6, 6.07) is 60.1. The van der Waals surface area contributed by atoms with Gasteiger partial charge in [-0.05, 0) is 119 Å². The van der Waals surface area contributed by atoms with E-state index in [2.05, 4.69) is 197 Å². The summed E-state index contributed by atoms with van der Waals surface area (Å²) < 4.78 is 28.1. The van der Waals surface area contributed by atoms with Crippen molar-refractivity contribution in [2.75, 3.05) is 0 Å². The number of rotatable bonds is 7. The van der Waals surface area contributed by atoms with Crippen LogP contribution in [0.3, 0.4) is 0 Å². The minimum Gasteiger partial charge on any atom is -0.457 e. The van der Waals surface area contributed by atoms with E-state index in [1.165, 1.54) is 22.8 Å². The van der Waals surface area contributed by atoms with Crippen LogP contribution < -0.4 is 13.9 Å². The van der Waals surface area contributed by atoms with E-state index >= 15 is 0 Å². The zero-order valence-corrected chi connectivity index (χ0v) is 39.2. The number of hydrogen-bond acceptors (Lipinski definition) is 2. The number of para-hydroxylation sites is 1. The molecule has 10 rings (SSSR count). The molecular formula is C60H55FN4O+2. The quantitative estimate of drug-likeness (QED) is 0.150. The third-order valence-electron chi connectivity index (χ3n) is 12.7. The number of benzene rings is 7. The molecule has 1 aliphatic rings. The number of fused-ring (bicyclic) bond motifs is 4. The van der Waals surface area contributed by atoms with Crippen LogP contribution in [-0.2, 0) is 16.2 Å². The second kappa shape index (κ2) is 15.9. The fourth-order valence-corrected chi connectivity index (χ4v) is 8.98. The van der Waals surface area contributed by atoms with Crippen molar-refractivity contribution >= 4 is 50.6 Å². The van der Waals surface area contributed by atoms with Gasteiger partial charge in [-0.3, -0.25) is 4.57 Å². The number of ether oxygens (including phenoxy) is 1. The lowest BCUT2D eigenvalue weighted by Crippen LogP contribution is -2.17. The fourth-order valence-electron chi connectivity index (χ4n) is 8.98. The molecule has 6 heteroatoms. The number of aromatic nitrogens is 2. The summed E-state index contributed by atoms with van der Waals surface area (Å²) >= 11 is 0. The summed E-state index contributed by atoms with van der Waals surface area (Å²) in [6.45, 7) is 20.2. The molecule has 0 radical (unpaired) electrons. The molecule has 0 bridgehead atoms. The molecule has 0 amide bonds. The van der Waals surface area contributed by atoms with E-state index in [1.54, 1.807) is 6.07 Å². The molecule has 7 aromatic carbocycles. The second-order valence-electron chi connectivity index (χ2n) is 20.6. The lowest BCUT2D eigenvalue weighted by atomic mass is 9.80. The van der Waals surface area contributed by atoms with Crippen LogP contribution in [0, 0.1) is 5.82 Å². The molecule has 0 saturated carbocycles. The van der Waals surface area contributed by atoms with Crippen LogP contribution >= 0.6 is 0 Å². The second-order valence-corrected chi connectivity index (χ2v) is 20.6. The van der Waals surface area contributed by atoms with Gasteiger partial charge in [0.1, 0.15) is 23.1 Å². The lowest BCUT2D eigenvalue weighted by molar-refractivity contribution is 0.483. The van der Waals surface area contributed by atoms with Crippen LogP contribution in [0.15, 0.2) is 170 Å². The lowest BCUT2D eigenvalue weighted by Gasteiger charge is -2.24. The van der Waals surface area contributed by atoms with E-state index in [9.17, 15) is 4.39 Å². The third-order valence-corrected chi connectivity index (χ3v) is 12.7. The van der Waals surface area contributed by atoms with Crippen LogP contribution in [0.25, 0.3) is 49.9 Å². The van der Waals surface area contributed by atoms with Crippen LogP contribution in [0.2, 0.25) is 0 Å². The monoisotopic (exact) mass is 866 g/mol. The molecule has 66 heavy (non-hydrogen) atoms. The highest BCUT2D eigenvalue weighted by molar-refractivity contribution is 6.09. The Bertz CT molecular complexity index is 3410. The van der Waals surface area contributed by atoms with E-state index in [0.717, 1.165) is 72.6 Å². The van der Waals surface area contributed by atoms with Gasteiger partial charge < -0.3 is 4.74 Å². The molecule has 0 fully saturated rings. The smallest absolute Gasteiger partial charge is 0.457 e. The molecule has 0 N–H and O–H groups in total. The Hall–Kier alpha value is -7.40. The summed E-state index contributed by atoms with van der Waals surface area (Å²) in [7, 11) is 0. The highest BCUT2D eigenvalue weighted by atomic mass is 19.1. The Morgan fingerprint density at radius 3 is 1.92 bits per heavy atom. The van der Waals surface area contributed by atoms with Crippen molar-refractivity contribution in [3.8, 4) is 39.6 Å². The minimum atomic E-state index is -0.282. The van der Waals surface area contributed by atoms with Crippen LogP contribution in [0.5, 0.6) is 11.5 Å². The van der Waals surface area contributed by atoms with Crippen molar-refractivity contribution in [2.24, 2.45) is 0 Å². The first-order valence-electron chi connectivity index (χ1n) is 22.8. The predicted octanol–water partition coefficient (Wildman–Crippen LogP) is 16.2. The number of nitrogens with zero attached hydrogens (tertiary/aromatic N) is 4. The number of pyridine rings is 1. The van der Waals surface area contributed by atoms with Gasteiger partial charge in [-0.2, -0.15) is 0 Å². The maximum absolute atomic E-state index is 14.8. The van der Waals surface area contributed by atoms with Gasteiger partial charge in [-0.25, -0.2) is 9.37 Å². The predicted molar refractivity (Wildman–Crippen MR) is 273 cm³/mol. The largest absolute Gasteiger partial charge is 0.503 e. The highest BCUT2D eigenvalue weighted by Crippen LogP contribution is 2.46. The van der Waals surface area contributed by atoms with Gasteiger partial charge in [-0.15, -0.1) is 0 Å². The first-order valence-corrected chi connectivity index (χ1v) is 22.8. The molecule has 0 aliphatic carbocycles. The Kier molecular flexibility index (Phi) is 10.3. The molecule has 0 atom stereocenters. The third kappa shape index (κ3) is 7.92. The van der Waals surface area contributed by atoms with Gasteiger partial charge in [0.25, 0.3) is 5.69 Å². The van der Waals surface area contributed by atoms with Crippen molar-refractivity contribution in [3.05, 3.63) is 192 Å². The normalized spacial score (nSPS) is 12.9. The van der Waals surface area contributed by atoms with Gasteiger partial charge in [-0.1, -0.05) is 129 Å². The van der Waals surface area contributed by atoms with E-state index in [1.807, 2.05) is 42.6 Å². The van der Waals surface area contributed by atoms with Crippen molar-refractivity contribution in [1.82, 2.24) is 18.7 Å². The Labute approximate surface area is 387 Å². The summed E-state index contributed by atoms with van der Waals surface area (Å²) in [6.07, 6.45) is 1.85.